The van der Waals surface area contributed by atoms with Crippen molar-refractivity contribution in [3.63, 3.8) is 0 Å². The number of Topliss-reactive ketones (excluding diaryl/α,β-unsaturated/α-hetero) is 1. The minimum Gasteiger partial charge on any atom is -0.326 e. The summed E-state index contributed by atoms with van der Waals surface area (Å²) in [6.07, 6.45) is 3.91. The first-order valence-electron chi connectivity index (χ1n) is 7.15. The Balaban J connectivity index is 1.70. The topological polar surface area (TPSA) is 71.1 Å². The van der Waals surface area contributed by atoms with E-state index in [4.69, 9.17) is 0 Å². The lowest BCUT2D eigenvalue weighted by atomic mass is 10.1. The summed E-state index contributed by atoms with van der Waals surface area (Å²) in [6, 6.07) is 10.7. The van der Waals surface area contributed by atoms with Crippen LogP contribution in [0.25, 0.3) is 0 Å². The fraction of sp³-hybridized carbons (Fsp3) is 0.235. The first-order valence-corrected chi connectivity index (χ1v) is 7.15. The van der Waals surface area contributed by atoms with E-state index < -0.39 is 0 Å². The van der Waals surface area contributed by atoms with Crippen molar-refractivity contribution in [3.8, 4) is 0 Å². The second-order valence-electron chi connectivity index (χ2n) is 4.97. The van der Waals surface area contributed by atoms with Crippen LogP contribution in [0.15, 0.2) is 48.8 Å². The van der Waals surface area contributed by atoms with Crippen molar-refractivity contribution in [2.24, 2.45) is 0 Å². The molecule has 1 heterocycles. The van der Waals surface area contributed by atoms with Gasteiger partial charge in [0.2, 0.25) is 5.91 Å². The van der Waals surface area contributed by atoms with Crippen LogP contribution in [0.5, 0.6) is 0 Å². The molecule has 114 valence electrons. The molecule has 22 heavy (non-hydrogen) atoms. The molecule has 5 nitrogen and oxygen atoms in total. The first kappa shape index (κ1) is 15.9. The predicted molar refractivity (Wildman–Crippen MR) is 85.6 cm³/mol. The molecular formula is C17H19N3O2. The van der Waals surface area contributed by atoms with E-state index in [2.05, 4.69) is 15.6 Å². The van der Waals surface area contributed by atoms with Crippen LogP contribution in [0, 0.1) is 0 Å². The lowest BCUT2D eigenvalue weighted by Crippen LogP contribution is -2.21. The number of hydrogen-bond donors (Lipinski definition) is 2. The maximum Gasteiger partial charge on any atom is 0.225 e. The second kappa shape index (κ2) is 8.05. The van der Waals surface area contributed by atoms with Crippen LogP contribution in [0.2, 0.25) is 0 Å². The summed E-state index contributed by atoms with van der Waals surface area (Å²) >= 11 is 0. The Kier molecular flexibility index (Phi) is 5.80. The minimum atomic E-state index is -0.0609. The van der Waals surface area contributed by atoms with Gasteiger partial charge in [-0.25, -0.2) is 0 Å². The van der Waals surface area contributed by atoms with Crippen molar-refractivity contribution >= 4 is 17.4 Å². The normalized spacial score (nSPS) is 10.2. The van der Waals surface area contributed by atoms with Crippen LogP contribution in [0.1, 0.15) is 29.3 Å². The van der Waals surface area contributed by atoms with Crippen LogP contribution in [0.4, 0.5) is 5.69 Å². The van der Waals surface area contributed by atoms with Gasteiger partial charge in [0.25, 0.3) is 0 Å². The van der Waals surface area contributed by atoms with Gasteiger partial charge in [0.1, 0.15) is 0 Å². The number of hydrogen-bond acceptors (Lipinski definition) is 4. The molecule has 0 atom stereocenters. The van der Waals surface area contributed by atoms with Crippen LogP contribution in [-0.2, 0) is 11.3 Å². The van der Waals surface area contributed by atoms with E-state index in [1.807, 2.05) is 12.1 Å². The van der Waals surface area contributed by atoms with E-state index in [1.165, 1.54) is 6.92 Å². The molecule has 1 amide bonds. The zero-order valence-electron chi connectivity index (χ0n) is 12.5. The molecule has 0 spiro atoms. The van der Waals surface area contributed by atoms with Crippen molar-refractivity contribution in [2.75, 3.05) is 11.9 Å². The van der Waals surface area contributed by atoms with E-state index >= 15 is 0 Å². The van der Waals surface area contributed by atoms with Crippen molar-refractivity contribution < 1.29 is 9.59 Å². The molecule has 0 aliphatic rings. The number of nitrogens with one attached hydrogen (secondary N) is 2. The fourth-order valence-electron chi connectivity index (χ4n) is 1.95. The average Bonchev–Trinajstić information content (AvgIpc) is 2.53. The molecule has 0 aliphatic heterocycles. The lowest BCUT2D eigenvalue weighted by molar-refractivity contribution is -0.116. The number of rotatable bonds is 7. The monoisotopic (exact) mass is 297 g/mol. The smallest absolute Gasteiger partial charge is 0.225 e. The molecule has 0 unspecified atom stereocenters. The SMILES string of the molecule is CC(=O)c1ccc(NC(=O)CCNCc2cccnc2)cc1. The van der Waals surface area contributed by atoms with Crippen LogP contribution in [-0.4, -0.2) is 23.2 Å². The molecule has 0 saturated carbocycles. The zero-order valence-corrected chi connectivity index (χ0v) is 12.5. The maximum absolute atomic E-state index is 11.8. The molecular weight excluding hydrogens is 278 g/mol. The zero-order chi connectivity index (χ0) is 15.8. The van der Waals surface area contributed by atoms with Crippen molar-refractivity contribution in [2.45, 2.75) is 19.9 Å². The summed E-state index contributed by atoms with van der Waals surface area (Å²) in [6.45, 7) is 2.79. The number of ketones is 1. The van der Waals surface area contributed by atoms with Gasteiger partial charge in [-0.15, -0.1) is 0 Å². The number of aromatic nitrogens is 1. The van der Waals surface area contributed by atoms with Crippen molar-refractivity contribution in [1.82, 2.24) is 10.3 Å². The van der Waals surface area contributed by atoms with Crippen LogP contribution < -0.4 is 10.6 Å². The van der Waals surface area contributed by atoms with Gasteiger partial charge < -0.3 is 10.6 Å². The van der Waals surface area contributed by atoms with Gasteiger partial charge in [-0.3, -0.25) is 14.6 Å². The Morgan fingerprint density at radius 1 is 1.14 bits per heavy atom. The number of carbonyl (C=O) groups excluding carboxylic acids is 2. The Morgan fingerprint density at radius 2 is 1.91 bits per heavy atom. The van der Waals surface area contributed by atoms with Gasteiger partial charge in [-0.2, -0.15) is 0 Å². The molecule has 0 saturated heterocycles. The van der Waals surface area contributed by atoms with E-state index in [0.717, 1.165) is 5.56 Å². The molecule has 0 bridgehead atoms. The lowest BCUT2D eigenvalue weighted by Gasteiger charge is -2.07. The number of benzene rings is 1. The molecule has 0 radical (unpaired) electrons. The first-order chi connectivity index (χ1) is 10.6. The number of nitrogens with zero attached hydrogens (tertiary/aromatic N) is 1. The molecule has 5 heteroatoms. The molecule has 0 aliphatic carbocycles. The number of pyridine rings is 1. The standard InChI is InChI=1S/C17H19N3O2/c1-13(21)15-4-6-16(7-5-15)20-17(22)8-10-19-12-14-3-2-9-18-11-14/h2-7,9,11,19H,8,10,12H2,1H3,(H,20,22). The quantitative estimate of drug-likeness (QED) is 0.608. The summed E-state index contributed by atoms with van der Waals surface area (Å²) in [4.78, 5) is 27.0. The van der Waals surface area contributed by atoms with Crippen molar-refractivity contribution in [1.29, 1.82) is 0 Å². The summed E-state index contributed by atoms with van der Waals surface area (Å²) in [5.41, 5.74) is 2.42. The van der Waals surface area contributed by atoms with E-state index in [9.17, 15) is 9.59 Å². The molecule has 0 fully saturated rings. The highest BCUT2D eigenvalue weighted by atomic mass is 16.1. The molecule has 2 N–H and O–H groups in total. The fourth-order valence-corrected chi connectivity index (χ4v) is 1.95. The number of carbonyl (C=O) groups is 2. The third-order valence-electron chi connectivity index (χ3n) is 3.16. The Hall–Kier alpha value is -2.53. The maximum atomic E-state index is 11.8. The van der Waals surface area contributed by atoms with Gasteiger partial charge in [0, 0.05) is 43.2 Å². The van der Waals surface area contributed by atoms with Crippen LogP contribution in [0.3, 0.4) is 0 Å². The van der Waals surface area contributed by atoms with Crippen molar-refractivity contribution in [3.05, 3.63) is 59.9 Å². The molecule has 1 aromatic heterocycles. The van der Waals surface area contributed by atoms with Gasteiger partial charge in [-0.1, -0.05) is 6.07 Å². The minimum absolute atomic E-state index is 0.0116. The average molecular weight is 297 g/mol. The summed E-state index contributed by atoms with van der Waals surface area (Å²) in [5.74, 6) is -0.0493. The molecule has 1 aromatic carbocycles. The van der Waals surface area contributed by atoms with E-state index in [-0.39, 0.29) is 11.7 Å². The third-order valence-corrected chi connectivity index (χ3v) is 3.16. The Bertz CT molecular complexity index is 624. The van der Waals surface area contributed by atoms with E-state index in [1.54, 1.807) is 36.7 Å². The van der Waals surface area contributed by atoms with Gasteiger partial charge in [-0.05, 0) is 42.8 Å². The van der Waals surface area contributed by atoms with Gasteiger partial charge >= 0.3 is 0 Å². The van der Waals surface area contributed by atoms with Gasteiger partial charge in [0.05, 0.1) is 0 Å². The summed E-state index contributed by atoms with van der Waals surface area (Å²) < 4.78 is 0. The Labute approximate surface area is 129 Å². The van der Waals surface area contributed by atoms with E-state index in [0.29, 0.717) is 30.8 Å². The number of amides is 1. The highest BCUT2D eigenvalue weighted by Crippen LogP contribution is 2.10. The van der Waals surface area contributed by atoms with Crippen LogP contribution >= 0.6 is 0 Å². The summed E-state index contributed by atoms with van der Waals surface area (Å²) in [5, 5.41) is 6.00. The summed E-state index contributed by atoms with van der Waals surface area (Å²) in [7, 11) is 0. The molecule has 2 aromatic rings. The Morgan fingerprint density at radius 3 is 2.55 bits per heavy atom. The second-order valence-corrected chi connectivity index (χ2v) is 4.97. The highest BCUT2D eigenvalue weighted by Gasteiger charge is 2.03. The predicted octanol–water partition coefficient (Wildman–Crippen LogP) is 2.40. The number of anilines is 1. The molecule has 2 rings (SSSR count). The third kappa shape index (κ3) is 5.10. The largest absolute Gasteiger partial charge is 0.326 e. The highest BCUT2D eigenvalue weighted by molar-refractivity contribution is 5.95. The van der Waals surface area contributed by atoms with Gasteiger partial charge in [0.15, 0.2) is 5.78 Å².